The number of aliphatic hydroxyl groups excluding tert-OH is 2. The highest BCUT2D eigenvalue weighted by atomic mass is 17.2. The van der Waals surface area contributed by atoms with Crippen LogP contribution in [0.3, 0.4) is 0 Å². The predicted octanol–water partition coefficient (Wildman–Crippen LogP) is 0.632. The summed E-state index contributed by atoms with van der Waals surface area (Å²) in [4.78, 5) is 36.1. The van der Waals surface area contributed by atoms with Gasteiger partial charge in [-0.15, -0.1) is 0 Å². The number of allylic oxidation sites excluding steroid dienone is 1. The molecule has 0 aromatic heterocycles. The molecule has 2 heterocycles. The molecule has 160 valence electrons. The molecule has 6 aliphatic rings. The smallest absolute Gasteiger partial charge is 0.302 e. The number of hydrogen-bond donors (Lipinski definition) is 3. The van der Waals surface area contributed by atoms with Crippen LogP contribution in [0.4, 0.5) is 0 Å². The summed E-state index contributed by atoms with van der Waals surface area (Å²) in [5.74, 6) is -4.74. The van der Waals surface area contributed by atoms with Gasteiger partial charge in [-0.25, -0.2) is 4.89 Å². The number of hydrogen-bond acceptors (Lipinski definition) is 8. The lowest BCUT2D eigenvalue weighted by atomic mass is 9.41. The van der Waals surface area contributed by atoms with Crippen LogP contribution in [0.15, 0.2) is 12.2 Å². The minimum atomic E-state index is -2.30. The molecule has 2 aliphatic heterocycles. The quantitative estimate of drug-likeness (QED) is 0.346. The lowest BCUT2D eigenvalue weighted by Gasteiger charge is -2.72. The maximum absolute atomic E-state index is 13.4. The van der Waals surface area contributed by atoms with Crippen LogP contribution < -0.4 is 0 Å². The fourth-order valence-corrected chi connectivity index (χ4v) is 7.60. The molecule has 6 rings (SSSR count). The lowest BCUT2D eigenvalue weighted by molar-refractivity contribution is -0.597. The van der Waals surface area contributed by atoms with Gasteiger partial charge in [-0.2, -0.15) is 4.89 Å². The van der Waals surface area contributed by atoms with E-state index in [1.165, 1.54) is 6.92 Å². The number of ketones is 1. The zero-order chi connectivity index (χ0) is 21.0. The number of rotatable bonds is 2. The summed E-state index contributed by atoms with van der Waals surface area (Å²) in [5, 5.41) is 34.2. The number of carbonyl (C=O) groups excluding carboxylic acids is 2. The van der Waals surface area contributed by atoms with Crippen molar-refractivity contribution in [2.45, 2.75) is 69.5 Å². The first-order valence-electron chi connectivity index (χ1n) is 10.4. The number of Topliss-reactive ketones (excluding diaryl/α,β-unsaturated/α-hetero) is 1. The van der Waals surface area contributed by atoms with E-state index in [-0.39, 0.29) is 24.7 Å². The fourth-order valence-electron chi connectivity index (χ4n) is 7.60. The van der Waals surface area contributed by atoms with Crippen LogP contribution in [-0.2, 0) is 24.1 Å². The van der Waals surface area contributed by atoms with E-state index in [2.05, 4.69) is 6.58 Å². The first-order chi connectivity index (χ1) is 13.5. The normalized spacial score (nSPS) is 55.4. The van der Waals surface area contributed by atoms with Crippen molar-refractivity contribution in [1.82, 2.24) is 0 Å². The Balaban J connectivity index is 1.68. The molecular formula is C21H28O8. The van der Waals surface area contributed by atoms with E-state index in [1.807, 2.05) is 6.92 Å². The SMILES string of the molecule is C=C1C(=O)C23CC1CC(O)C2C12CCCC(C)(COC(C)=O)C1C(O)C3(O)OO2. The monoisotopic (exact) mass is 408 g/mol. The van der Waals surface area contributed by atoms with Crippen molar-refractivity contribution in [2.75, 3.05) is 6.61 Å². The van der Waals surface area contributed by atoms with E-state index in [0.717, 1.165) is 0 Å². The molecule has 4 saturated carbocycles. The summed E-state index contributed by atoms with van der Waals surface area (Å²) >= 11 is 0. The first kappa shape index (κ1) is 19.6. The van der Waals surface area contributed by atoms with Gasteiger partial charge in [0.05, 0.1) is 12.7 Å². The zero-order valence-electron chi connectivity index (χ0n) is 16.7. The molecule has 4 aliphatic carbocycles. The van der Waals surface area contributed by atoms with Crippen LogP contribution in [-0.4, -0.2) is 57.3 Å². The van der Waals surface area contributed by atoms with Crippen LogP contribution in [0, 0.1) is 28.6 Å². The lowest BCUT2D eigenvalue weighted by Crippen LogP contribution is -2.85. The van der Waals surface area contributed by atoms with Gasteiger partial charge in [-0.1, -0.05) is 13.5 Å². The van der Waals surface area contributed by atoms with Gasteiger partial charge in [-0.3, -0.25) is 9.59 Å². The van der Waals surface area contributed by atoms with E-state index >= 15 is 0 Å². The van der Waals surface area contributed by atoms with E-state index < -0.39 is 52.2 Å². The molecule has 9 atom stereocenters. The van der Waals surface area contributed by atoms with Crippen molar-refractivity contribution < 1.29 is 39.4 Å². The third-order valence-electron chi connectivity index (χ3n) is 8.60. The zero-order valence-corrected chi connectivity index (χ0v) is 16.7. The van der Waals surface area contributed by atoms with E-state index in [9.17, 15) is 24.9 Å². The van der Waals surface area contributed by atoms with Gasteiger partial charge in [0, 0.05) is 24.2 Å². The van der Waals surface area contributed by atoms with Crippen LogP contribution in [0.25, 0.3) is 0 Å². The van der Waals surface area contributed by atoms with Gasteiger partial charge in [-0.05, 0) is 43.6 Å². The molecule has 0 amide bonds. The minimum absolute atomic E-state index is 0.0460. The van der Waals surface area contributed by atoms with Gasteiger partial charge >= 0.3 is 5.97 Å². The van der Waals surface area contributed by atoms with Crippen molar-refractivity contribution in [1.29, 1.82) is 0 Å². The minimum Gasteiger partial charge on any atom is -0.465 e. The van der Waals surface area contributed by atoms with Gasteiger partial charge in [0.15, 0.2) is 5.78 Å². The second-order valence-corrected chi connectivity index (χ2v) is 10.0. The van der Waals surface area contributed by atoms with Crippen molar-refractivity contribution in [3.05, 3.63) is 12.2 Å². The number of ether oxygens (including phenoxy) is 1. The molecule has 29 heavy (non-hydrogen) atoms. The summed E-state index contributed by atoms with van der Waals surface area (Å²) < 4.78 is 5.31. The number of carbonyl (C=O) groups is 2. The largest absolute Gasteiger partial charge is 0.465 e. The number of esters is 1. The summed E-state index contributed by atoms with van der Waals surface area (Å²) in [7, 11) is 0. The fraction of sp³-hybridized carbons (Fsp3) is 0.810. The molecule has 2 spiro atoms. The van der Waals surface area contributed by atoms with Crippen LogP contribution in [0.2, 0.25) is 0 Å². The van der Waals surface area contributed by atoms with Crippen molar-refractivity contribution in [3.8, 4) is 0 Å². The second-order valence-electron chi connectivity index (χ2n) is 10.0. The Hall–Kier alpha value is -1.32. The number of fused-ring (bicyclic) bond motifs is 2. The topological polar surface area (TPSA) is 123 Å². The third-order valence-corrected chi connectivity index (χ3v) is 8.60. The Labute approximate surface area is 168 Å². The second kappa shape index (κ2) is 5.68. The number of aliphatic hydroxyl groups is 3. The molecule has 0 aromatic rings. The molecule has 3 N–H and O–H groups in total. The standard InChI is InChI=1S/C21H28O8/c1-10-12-7-13(23)14-19(8-12,16(10)24)21(26)17(25)15-18(3,9-27-11(2)22)5-4-6-20(14,15)28-29-21/h12-15,17,23,25-26H,1,4-9H2,2-3H3. The Morgan fingerprint density at radius 3 is 2.69 bits per heavy atom. The first-order valence-corrected chi connectivity index (χ1v) is 10.4. The maximum Gasteiger partial charge on any atom is 0.302 e. The van der Waals surface area contributed by atoms with Crippen molar-refractivity contribution in [2.24, 2.45) is 28.6 Å². The van der Waals surface area contributed by atoms with Gasteiger partial charge in [0.1, 0.15) is 17.1 Å². The Kier molecular flexibility index (Phi) is 3.84. The van der Waals surface area contributed by atoms with Crippen molar-refractivity contribution in [3.63, 3.8) is 0 Å². The Bertz CT molecular complexity index is 811. The summed E-state index contributed by atoms with van der Waals surface area (Å²) in [6.45, 7) is 7.16. The van der Waals surface area contributed by atoms with Gasteiger partial charge < -0.3 is 20.1 Å². The average molecular weight is 408 g/mol. The molecule has 9 unspecified atom stereocenters. The molecule has 8 heteroatoms. The highest BCUT2D eigenvalue weighted by Crippen LogP contribution is 2.74. The summed E-state index contributed by atoms with van der Waals surface area (Å²) in [6, 6.07) is 0. The predicted molar refractivity (Wildman–Crippen MR) is 96.7 cm³/mol. The summed E-state index contributed by atoms with van der Waals surface area (Å²) in [5.41, 5.74) is -2.99. The summed E-state index contributed by atoms with van der Waals surface area (Å²) in [6.07, 6.45) is 0.0878. The maximum atomic E-state index is 13.4. The van der Waals surface area contributed by atoms with Crippen LogP contribution in [0.5, 0.6) is 0 Å². The molecule has 6 fully saturated rings. The highest BCUT2D eigenvalue weighted by molar-refractivity contribution is 6.04. The molecular weight excluding hydrogens is 380 g/mol. The average Bonchev–Trinajstić information content (AvgIpc) is 2.85. The van der Waals surface area contributed by atoms with Gasteiger partial charge in [0.25, 0.3) is 0 Å². The van der Waals surface area contributed by atoms with Crippen LogP contribution in [0.1, 0.15) is 46.0 Å². The Morgan fingerprint density at radius 2 is 2.00 bits per heavy atom. The van der Waals surface area contributed by atoms with E-state index in [0.29, 0.717) is 31.3 Å². The highest BCUT2D eigenvalue weighted by Gasteiger charge is 2.86. The van der Waals surface area contributed by atoms with Gasteiger partial charge in [0.2, 0.25) is 5.79 Å². The molecule has 0 aromatic carbocycles. The molecule has 2 saturated heterocycles. The molecule has 8 nitrogen and oxygen atoms in total. The van der Waals surface area contributed by atoms with Crippen LogP contribution >= 0.6 is 0 Å². The van der Waals surface area contributed by atoms with E-state index in [4.69, 9.17) is 14.5 Å². The van der Waals surface area contributed by atoms with Crippen molar-refractivity contribution >= 4 is 11.8 Å². The molecule has 4 bridgehead atoms. The molecule has 0 radical (unpaired) electrons. The third kappa shape index (κ3) is 2.02. The Morgan fingerprint density at radius 1 is 1.28 bits per heavy atom. The van der Waals surface area contributed by atoms with E-state index in [1.54, 1.807) is 0 Å².